The van der Waals surface area contributed by atoms with Crippen LogP contribution < -0.4 is 5.32 Å². The highest BCUT2D eigenvalue weighted by atomic mass is 16.5. The molecule has 6 nitrogen and oxygen atoms in total. The van der Waals surface area contributed by atoms with Crippen LogP contribution in [0.2, 0.25) is 0 Å². The maximum Gasteiger partial charge on any atom is 0.317 e. The van der Waals surface area contributed by atoms with Gasteiger partial charge in [0.25, 0.3) is 5.91 Å². The van der Waals surface area contributed by atoms with Crippen LogP contribution in [0.4, 0.5) is 4.79 Å². The zero-order chi connectivity index (χ0) is 18.7. The van der Waals surface area contributed by atoms with E-state index in [9.17, 15) is 9.59 Å². The zero-order valence-corrected chi connectivity index (χ0v) is 15.9. The van der Waals surface area contributed by atoms with Crippen molar-refractivity contribution in [3.8, 4) is 0 Å². The summed E-state index contributed by atoms with van der Waals surface area (Å²) in [6.45, 7) is 6.08. The van der Waals surface area contributed by atoms with Gasteiger partial charge in [-0.25, -0.2) is 4.79 Å². The number of hydrogen-bond acceptors (Lipinski definition) is 3. The summed E-state index contributed by atoms with van der Waals surface area (Å²) in [7, 11) is 1.61. The van der Waals surface area contributed by atoms with Crippen LogP contribution in [0.25, 0.3) is 0 Å². The molecule has 2 aliphatic rings. The summed E-state index contributed by atoms with van der Waals surface area (Å²) in [6.07, 6.45) is 1.49. The van der Waals surface area contributed by atoms with E-state index in [1.54, 1.807) is 7.11 Å². The van der Waals surface area contributed by atoms with E-state index >= 15 is 0 Å². The molecule has 26 heavy (non-hydrogen) atoms. The lowest BCUT2D eigenvalue weighted by Gasteiger charge is -2.53. The number of carbonyl (C=O) groups is 2. The number of likely N-dealkylation sites (tertiary alicyclic amines) is 2. The zero-order valence-electron chi connectivity index (χ0n) is 15.9. The maximum atomic E-state index is 12.4. The number of carbonyl (C=O) groups excluding carboxylic acids is 2. The first-order valence-electron chi connectivity index (χ1n) is 9.44. The minimum atomic E-state index is -0.319. The van der Waals surface area contributed by atoms with E-state index in [-0.39, 0.29) is 30.1 Å². The van der Waals surface area contributed by atoms with E-state index < -0.39 is 0 Å². The molecule has 0 saturated carbocycles. The number of amides is 3. The van der Waals surface area contributed by atoms with Crippen molar-refractivity contribution in [2.75, 3.05) is 20.2 Å². The van der Waals surface area contributed by atoms with Gasteiger partial charge < -0.3 is 19.9 Å². The first kappa shape index (κ1) is 18.7. The van der Waals surface area contributed by atoms with Crippen LogP contribution in [-0.4, -0.2) is 60.1 Å². The van der Waals surface area contributed by atoms with Crippen molar-refractivity contribution in [2.24, 2.45) is 5.92 Å². The summed E-state index contributed by atoms with van der Waals surface area (Å²) in [5.41, 5.74) is 1.10. The number of urea groups is 1. The first-order chi connectivity index (χ1) is 12.5. The first-order valence-corrected chi connectivity index (χ1v) is 9.44. The van der Waals surface area contributed by atoms with Gasteiger partial charge in [-0.2, -0.15) is 0 Å². The van der Waals surface area contributed by atoms with Gasteiger partial charge in [0.15, 0.2) is 6.10 Å². The molecule has 3 amide bonds. The number of hydrogen-bond donors (Lipinski definition) is 1. The Morgan fingerprint density at radius 1 is 1.23 bits per heavy atom. The molecule has 1 aromatic carbocycles. The van der Waals surface area contributed by atoms with Gasteiger partial charge in [0.1, 0.15) is 0 Å². The van der Waals surface area contributed by atoms with Crippen molar-refractivity contribution >= 4 is 11.9 Å². The lowest BCUT2D eigenvalue weighted by Crippen LogP contribution is -2.70. The average molecular weight is 359 g/mol. The molecule has 0 aromatic heterocycles. The molecule has 6 heteroatoms. The van der Waals surface area contributed by atoms with Gasteiger partial charge in [0.05, 0.1) is 6.04 Å². The van der Waals surface area contributed by atoms with Crippen molar-refractivity contribution in [3.63, 3.8) is 0 Å². The number of nitrogens with zero attached hydrogens (tertiary/aromatic N) is 2. The van der Waals surface area contributed by atoms with E-state index in [0.717, 1.165) is 31.5 Å². The van der Waals surface area contributed by atoms with Crippen LogP contribution in [0.15, 0.2) is 30.3 Å². The van der Waals surface area contributed by atoms with E-state index in [2.05, 4.69) is 5.32 Å². The van der Waals surface area contributed by atoms with Gasteiger partial charge in [-0.15, -0.1) is 0 Å². The van der Waals surface area contributed by atoms with Gasteiger partial charge in [-0.1, -0.05) is 30.3 Å². The van der Waals surface area contributed by atoms with Gasteiger partial charge in [-0.05, 0) is 38.2 Å². The molecule has 142 valence electrons. The molecule has 0 aliphatic carbocycles. The lowest BCUT2D eigenvalue weighted by atomic mass is 9.79. The topological polar surface area (TPSA) is 61.9 Å². The normalized spacial score (nSPS) is 23.9. The van der Waals surface area contributed by atoms with Crippen molar-refractivity contribution in [3.05, 3.63) is 35.9 Å². The van der Waals surface area contributed by atoms with Gasteiger partial charge in [0.2, 0.25) is 0 Å². The molecule has 0 bridgehead atoms. The molecule has 2 fully saturated rings. The summed E-state index contributed by atoms with van der Waals surface area (Å²) >= 11 is 0. The summed E-state index contributed by atoms with van der Waals surface area (Å²) in [6, 6.07) is 10.2. The predicted molar refractivity (Wildman–Crippen MR) is 99.5 cm³/mol. The predicted octanol–water partition coefficient (Wildman–Crippen LogP) is 2.24. The van der Waals surface area contributed by atoms with Crippen LogP contribution in [0.5, 0.6) is 0 Å². The molecule has 1 N–H and O–H groups in total. The largest absolute Gasteiger partial charge is 0.369 e. The molecule has 2 atom stereocenters. The third-order valence-electron chi connectivity index (χ3n) is 5.54. The van der Waals surface area contributed by atoms with Crippen LogP contribution in [0, 0.1) is 5.92 Å². The molecular formula is C20H29N3O3. The second-order valence-electron chi connectivity index (χ2n) is 7.45. The highest BCUT2D eigenvalue weighted by molar-refractivity contribution is 5.88. The summed E-state index contributed by atoms with van der Waals surface area (Å²) in [5, 5.41) is 2.99. The fraction of sp³-hybridized carbons (Fsp3) is 0.600. The fourth-order valence-corrected chi connectivity index (χ4v) is 4.15. The fourth-order valence-electron chi connectivity index (χ4n) is 4.15. The number of ether oxygens (including phenoxy) is 1. The monoisotopic (exact) mass is 359 g/mol. The van der Waals surface area contributed by atoms with Crippen molar-refractivity contribution in [1.82, 2.24) is 15.1 Å². The second kappa shape index (κ2) is 8.08. The number of nitrogens with one attached hydrogen (secondary N) is 1. The number of methoxy groups -OCH3 is 1. The Hall–Kier alpha value is -2.08. The Morgan fingerprint density at radius 2 is 1.88 bits per heavy atom. The van der Waals surface area contributed by atoms with Crippen LogP contribution in [-0.2, 0) is 16.1 Å². The number of piperidine rings is 1. The van der Waals surface area contributed by atoms with Gasteiger partial charge >= 0.3 is 6.03 Å². The van der Waals surface area contributed by atoms with Gasteiger partial charge in [-0.3, -0.25) is 4.79 Å². The van der Waals surface area contributed by atoms with Crippen molar-refractivity contribution in [1.29, 1.82) is 0 Å². The minimum absolute atomic E-state index is 0.0130. The highest BCUT2D eigenvalue weighted by Crippen LogP contribution is 2.36. The van der Waals surface area contributed by atoms with E-state index in [1.807, 2.05) is 54.0 Å². The Morgan fingerprint density at radius 3 is 2.46 bits per heavy atom. The number of rotatable bonds is 5. The summed E-state index contributed by atoms with van der Waals surface area (Å²) in [5.74, 6) is 0.480. The van der Waals surface area contributed by atoms with E-state index in [4.69, 9.17) is 4.74 Å². The van der Waals surface area contributed by atoms with Crippen LogP contribution >= 0.6 is 0 Å². The number of β-lactam (4-membered cyclic amide) rings is 1. The molecule has 2 saturated heterocycles. The number of benzene rings is 1. The standard InChI is InChI=1S/C20H29N3O3/c1-14(2)23-17(18(26-3)19(23)24)16-9-11-22(12-10-16)20(25)21-13-15-7-5-4-6-8-15/h4-8,14,16-18H,9-13H2,1-3H3,(H,21,25)/t17-,18+/m0/s1. The Balaban J connectivity index is 1.50. The molecule has 1 aromatic rings. The quantitative estimate of drug-likeness (QED) is 0.820. The van der Waals surface area contributed by atoms with Crippen molar-refractivity contribution < 1.29 is 14.3 Å². The van der Waals surface area contributed by atoms with E-state index in [1.165, 1.54) is 0 Å². The Bertz CT molecular complexity index is 626. The average Bonchev–Trinajstić information content (AvgIpc) is 2.65. The van der Waals surface area contributed by atoms with Crippen LogP contribution in [0.3, 0.4) is 0 Å². The van der Waals surface area contributed by atoms with Crippen molar-refractivity contribution in [2.45, 2.75) is 51.4 Å². The molecule has 3 rings (SSSR count). The SMILES string of the molecule is CO[C@H]1C(=O)N(C(C)C)[C@H]1C1CCN(C(=O)NCc2ccccc2)CC1. The third kappa shape index (κ3) is 3.70. The lowest BCUT2D eigenvalue weighted by molar-refractivity contribution is -0.181. The molecule has 2 heterocycles. The molecule has 0 spiro atoms. The second-order valence-corrected chi connectivity index (χ2v) is 7.45. The third-order valence-corrected chi connectivity index (χ3v) is 5.54. The van der Waals surface area contributed by atoms with Gasteiger partial charge in [0, 0.05) is 32.8 Å². The smallest absolute Gasteiger partial charge is 0.317 e. The Kier molecular flexibility index (Phi) is 5.81. The minimum Gasteiger partial charge on any atom is -0.369 e. The summed E-state index contributed by atoms with van der Waals surface area (Å²) in [4.78, 5) is 28.4. The Labute approximate surface area is 155 Å². The molecule has 2 aliphatic heterocycles. The molecule has 0 radical (unpaired) electrons. The molecule has 0 unspecified atom stereocenters. The highest BCUT2D eigenvalue weighted by Gasteiger charge is 2.52. The maximum absolute atomic E-state index is 12.4. The van der Waals surface area contributed by atoms with Crippen LogP contribution in [0.1, 0.15) is 32.3 Å². The summed E-state index contributed by atoms with van der Waals surface area (Å²) < 4.78 is 5.42. The molecular weight excluding hydrogens is 330 g/mol. The van der Waals surface area contributed by atoms with E-state index in [0.29, 0.717) is 12.5 Å².